The molecule has 1 atom stereocenters. The van der Waals surface area contributed by atoms with Gasteiger partial charge in [0.25, 0.3) is 5.91 Å². The molecule has 1 rings (SSSR count). The van der Waals surface area contributed by atoms with Crippen molar-refractivity contribution in [1.29, 1.82) is 0 Å². The molecule has 2 N–H and O–H groups in total. The Kier molecular flexibility index (Phi) is 4.35. The largest absolute Gasteiger partial charge is 0.480 e. The van der Waals surface area contributed by atoms with Crippen LogP contribution in [-0.2, 0) is 4.79 Å². The van der Waals surface area contributed by atoms with Gasteiger partial charge >= 0.3 is 5.97 Å². The number of carboxylic acid groups (broad SMARTS) is 1. The molecule has 1 aromatic carbocycles. The zero-order chi connectivity index (χ0) is 13.9. The predicted octanol–water partition coefficient (Wildman–Crippen LogP) is 2.63. The van der Waals surface area contributed by atoms with E-state index in [-0.39, 0.29) is 0 Å². The van der Waals surface area contributed by atoms with Crippen molar-refractivity contribution >= 4 is 23.5 Å². The Morgan fingerprint density at radius 1 is 1.44 bits per heavy atom. The third-order valence-corrected chi connectivity index (χ3v) is 3.24. The summed E-state index contributed by atoms with van der Waals surface area (Å²) in [5.74, 6) is -1.46. The molecule has 4 nitrogen and oxygen atoms in total. The van der Waals surface area contributed by atoms with Crippen molar-refractivity contribution in [3.8, 4) is 0 Å². The van der Waals surface area contributed by atoms with Gasteiger partial charge in [-0.15, -0.1) is 0 Å². The van der Waals surface area contributed by atoms with Crippen molar-refractivity contribution in [1.82, 2.24) is 5.32 Å². The van der Waals surface area contributed by atoms with Crippen molar-refractivity contribution in [2.24, 2.45) is 0 Å². The van der Waals surface area contributed by atoms with E-state index in [2.05, 4.69) is 5.32 Å². The molecule has 0 fully saturated rings. The minimum Gasteiger partial charge on any atom is -0.480 e. The van der Waals surface area contributed by atoms with Gasteiger partial charge in [-0.25, -0.2) is 4.79 Å². The molecule has 98 valence electrons. The minimum absolute atomic E-state index is 0.306. The van der Waals surface area contributed by atoms with Crippen LogP contribution in [-0.4, -0.2) is 22.5 Å². The molecule has 1 amide bonds. The highest BCUT2D eigenvalue weighted by Gasteiger charge is 2.33. The molecule has 1 unspecified atom stereocenters. The molecule has 0 aromatic heterocycles. The van der Waals surface area contributed by atoms with Crippen LogP contribution in [0.5, 0.6) is 0 Å². The lowest BCUT2D eigenvalue weighted by Crippen LogP contribution is -2.51. The van der Waals surface area contributed by atoms with Crippen LogP contribution in [0.2, 0.25) is 5.02 Å². The molecule has 1 aromatic rings. The zero-order valence-corrected chi connectivity index (χ0v) is 11.3. The Balaban J connectivity index is 2.98. The first-order valence-electron chi connectivity index (χ1n) is 5.62. The van der Waals surface area contributed by atoms with Crippen LogP contribution < -0.4 is 5.32 Å². The number of nitrogens with one attached hydrogen (secondary N) is 1. The molecular formula is C13H16ClNO3. The van der Waals surface area contributed by atoms with Gasteiger partial charge < -0.3 is 10.4 Å². The van der Waals surface area contributed by atoms with Crippen molar-refractivity contribution < 1.29 is 14.7 Å². The Bertz CT molecular complexity index is 487. The maximum atomic E-state index is 12.0. The molecule has 5 heteroatoms. The predicted molar refractivity (Wildman–Crippen MR) is 70.0 cm³/mol. The summed E-state index contributed by atoms with van der Waals surface area (Å²) in [5, 5.41) is 12.2. The standard InChI is InChI=1S/C13H16ClNO3/c1-4-13(3,12(17)18)15-11(16)10-6-5-9(14)7-8(10)2/h5-7H,4H2,1-3H3,(H,15,16)(H,17,18). The fourth-order valence-corrected chi connectivity index (χ4v) is 1.72. The highest BCUT2D eigenvalue weighted by atomic mass is 35.5. The Labute approximate surface area is 111 Å². The third-order valence-electron chi connectivity index (χ3n) is 3.00. The number of carbonyl (C=O) groups excluding carboxylic acids is 1. The van der Waals surface area contributed by atoms with E-state index in [4.69, 9.17) is 16.7 Å². The fourth-order valence-electron chi connectivity index (χ4n) is 1.49. The van der Waals surface area contributed by atoms with Crippen LogP contribution in [0.3, 0.4) is 0 Å². The van der Waals surface area contributed by atoms with Gasteiger partial charge in [0.05, 0.1) is 0 Å². The summed E-state index contributed by atoms with van der Waals surface area (Å²) >= 11 is 5.81. The number of carboxylic acids is 1. The van der Waals surface area contributed by atoms with Crippen LogP contribution >= 0.6 is 11.6 Å². The van der Waals surface area contributed by atoms with E-state index in [1.165, 1.54) is 6.92 Å². The molecule has 0 aliphatic carbocycles. The second-order valence-corrected chi connectivity index (χ2v) is 4.84. The van der Waals surface area contributed by atoms with Gasteiger partial charge in [0.15, 0.2) is 0 Å². The normalized spacial score (nSPS) is 13.8. The summed E-state index contributed by atoms with van der Waals surface area (Å²) < 4.78 is 0. The van der Waals surface area contributed by atoms with Crippen LogP contribution in [0.4, 0.5) is 0 Å². The molecule has 0 heterocycles. The smallest absolute Gasteiger partial charge is 0.329 e. The number of aliphatic carboxylic acids is 1. The maximum absolute atomic E-state index is 12.0. The number of carbonyl (C=O) groups is 2. The SMILES string of the molecule is CCC(C)(NC(=O)c1ccc(Cl)cc1C)C(=O)O. The number of halogens is 1. The van der Waals surface area contributed by atoms with E-state index in [1.807, 2.05) is 0 Å². The lowest BCUT2D eigenvalue weighted by Gasteiger charge is -2.25. The Hall–Kier alpha value is -1.55. The number of hydrogen-bond donors (Lipinski definition) is 2. The van der Waals surface area contributed by atoms with Gasteiger partial charge in [0, 0.05) is 10.6 Å². The van der Waals surface area contributed by atoms with Gasteiger partial charge in [-0.05, 0) is 44.0 Å². The number of rotatable bonds is 4. The van der Waals surface area contributed by atoms with E-state index in [0.717, 1.165) is 0 Å². The maximum Gasteiger partial charge on any atom is 0.329 e. The third kappa shape index (κ3) is 3.01. The highest BCUT2D eigenvalue weighted by Crippen LogP contribution is 2.17. The van der Waals surface area contributed by atoms with Gasteiger partial charge in [0.1, 0.15) is 5.54 Å². The van der Waals surface area contributed by atoms with Crippen molar-refractivity contribution in [3.63, 3.8) is 0 Å². The summed E-state index contributed by atoms with van der Waals surface area (Å²) in [6, 6.07) is 4.86. The summed E-state index contributed by atoms with van der Waals surface area (Å²) in [5.41, 5.74) is -0.118. The average molecular weight is 270 g/mol. The number of benzene rings is 1. The topological polar surface area (TPSA) is 66.4 Å². The average Bonchev–Trinajstić information content (AvgIpc) is 2.28. The van der Waals surface area contributed by atoms with Gasteiger partial charge in [0.2, 0.25) is 0 Å². The van der Waals surface area contributed by atoms with Gasteiger partial charge in [-0.1, -0.05) is 18.5 Å². The lowest BCUT2D eigenvalue weighted by molar-refractivity contribution is -0.143. The van der Waals surface area contributed by atoms with Crippen LogP contribution in [0.15, 0.2) is 18.2 Å². The Morgan fingerprint density at radius 3 is 2.50 bits per heavy atom. The summed E-state index contributed by atoms with van der Waals surface area (Å²) in [7, 11) is 0. The summed E-state index contributed by atoms with van der Waals surface area (Å²) in [6.45, 7) is 4.95. The van der Waals surface area contributed by atoms with Crippen LogP contribution in [0, 0.1) is 6.92 Å². The van der Waals surface area contributed by atoms with Crippen LogP contribution in [0.1, 0.15) is 36.2 Å². The van der Waals surface area contributed by atoms with Crippen LogP contribution in [0.25, 0.3) is 0 Å². The minimum atomic E-state index is -1.26. The molecule has 0 spiro atoms. The highest BCUT2D eigenvalue weighted by molar-refractivity contribution is 6.30. The number of aryl methyl sites for hydroxylation is 1. The van der Waals surface area contributed by atoms with E-state index in [0.29, 0.717) is 22.6 Å². The molecule has 18 heavy (non-hydrogen) atoms. The van der Waals surface area contributed by atoms with Crippen molar-refractivity contribution in [2.45, 2.75) is 32.7 Å². The number of hydrogen-bond acceptors (Lipinski definition) is 2. The molecule has 0 saturated carbocycles. The first-order chi connectivity index (χ1) is 8.30. The Morgan fingerprint density at radius 2 is 2.06 bits per heavy atom. The molecule has 0 bridgehead atoms. The second-order valence-electron chi connectivity index (χ2n) is 4.40. The fraction of sp³-hybridized carbons (Fsp3) is 0.385. The van der Waals surface area contributed by atoms with Crippen molar-refractivity contribution in [2.75, 3.05) is 0 Å². The lowest BCUT2D eigenvalue weighted by atomic mass is 9.98. The van der Waals surface area contributed by atoms with Crippen molar-refractivity contribution in [3.05, 3.63) is 34.3 Å². The molecule has 0 aliphatic rings. The van der Waals surface area contributed by atoms with Gasteiger partial charge in [-0.2, -0.15) is 0 Å². The molecule has 0 saturated heterocycles. The first kappa shape index (κ1) is 14.5. The first-order valence-corrected chi connectivity index (χ1v) is 6.00. The molecule has 0 radical (unpaired) electrons. The molecule has 0 aliphatic heterocycles. The summed E-state index contributed by atoms with van der Waals surface area (Å²) in [6.07, 6.45) is 0.306. The monoisotopic (exact) mass is 269 g/mol. The quantitative estimate of drug-likeness (QED) is 0.883. The van der Waals surface area contributed by atoms with E-state index in [1.54, 1.807) is 32.0 Å². The van der Waals surface area contributed by atoms with E-state index < -0.39 is 17.4 Å². The number of amides is 1. The van der Waals surface area contributed by atoms with E-state index in [9.17, 15) is 9.59 Å². The summed E-state index contributed by atoms with van der Waals surface area (Å²) in [4.78, 5) is 23.2. The molecular weight excluding hydrogens is 254 g/mol. The van der Waals surface area contributed by atoms with E-state index >= 15 is 0 Å². The van der Waals surface area contributed by atoms with Gasteiger partial charge in [-0.3, -0.25) is 4.79 Å². The second kappa shape index (κ2) is 5.40. The zero-order valence-electron chi connectivity index (χ0n) is 10.6.